The second kappa shape index (κ2) is 19.2. The van der Waals surface area contributed by atoms with E-state index >= 15 is 0 Å². The summed E-state index contributed by atoms with van der Waals surface area (Å²) in [5, 5.41) is 0. The zero-order valence-corrected chi connectivity index (χ0v) is 30.7. The van der Waals surface area contributed by atoms with E-state index in [4.69, 9.17) is 32.5 Å². The number of carbonyl (C=O) groups excluding carboxylic acids is 1. The van der Waals surface area contributed by atoms with Crippen molar-refractivity contribution >= 4 is 49.7 Å². The Morgan fingerprint density at radius 1 is 1.05 bits per heavy atom. The van der Waals surface area contributed by atoms with Crippen LogP contribution in [0.5, 0.6) is 5.75 Å². The highest BCUT2D eigenvalue weighted by Crippen LogP contribution is 2.32. The zero-order valence-electron chi connectivity index (χ0n) is 26.9. The lowest BCUT2D eigenvalue weighted by Gasteiger charge is -2.40. The van der Waals surface area contributed by atoms with Gasteiger partial charge < -0.3 is 32.5 Å². The number of methoxy groups -OCH3 is 1. The topological polar surface area (TPSA) is 81.7 Å². The van der Waals surface area contributed by atoms with Crippen molar-refractivity contribution in [2.45, 2.75) is 122 Å². The lowest BCUT2D eigenvalue weighted by molar-refractivity contribution is -0.147. The van der Waals surface area contributed by atoms with Crippen molar-refractivity contribution in [3.63, 3.8) is 0 Å². The number of esters is 1. The van der Waals surface area contributed by atoms with E-state index in [-0.39, 0.29) is 42.9 Å². The smallest absolute Gasteiger partial charge is 0.332 e. The van der Waals surface area contributed by atoms with E-state index in [0.29, 0.717) is 33.9 Å². The Morgan fingerprint density at radius 3 is 2.24 bits per heavy atom. The summed E-state index contributed by atoms with van der Waals surface area (Å²) in [4.78, 5) is 12.4. The molecule has 0 spiro atoms. The van der Waals surface area contributed by atoms with Crippen LogP contribution in [0.25, 0.3) is 0 Å². The van der Waals surface area contributed by atoms with E-state index in [0.717, 1.165) is 37.0 Å². The van der Waals surface area contributed by atoms with E-state index in [1.54, 1.807) is 14.3 Å². The molecule has 0 bridgehead atoms. The molecule has 1 radical (unpaired) electrons. The quantitative estimate of drug-likeness (QED) is 0.0541. The average molecular weight is 660 g/mol. The van der Waals surface area contributed by atoms with E-state index in [1.165, 1.54) is 0 Å². The largest absolute Gasteiger partial charge is 0.497 e. The fraction of sp³-hybridized carbons (Fsp3) is 0.759. The standard InChI is InChI=1S/C29H53BO8PSSi2/c1-9-33-29(31)20-28(38-42(6,7)8)19-26-18-27(37-41(3,4)5)17-25(36-26)16-24(14-15-35-30-39-40)34-21-22-10-12-23(32-2)13-11-22/h10-13,24-28,39-40H,9,14-21H2,1-8H3/t24-,25+,26+,27-,28+/m0/s1. The fourth-order valence-corrected chi connectivity index (χ4v) is 7.92. The molecule has 1 heterocycles. The predicted molar refractivity (Wildman–Crippen MR) is 180 cm³/mol. The summed E-state index contributed by atoms with van der Waals surface area (Å²) in [6.07, 6.45) is 3.57. The van der Waals surface area contributed by atoms with Gasteiger partial charge in [-0.25, -0.2) is 0 Å². The van der Waals surface area contributed by atoms with Crippen LogP contribution in [0.3, 0.4) is 0 Å². The first kappa shape index (κ1) is 37.8. The highest BCUT2D eigenvalue weighted by molar-refractivity contribution is 8.46. The molecule has 0 N–H and O–H groups in total. The highest BCUT2D eigenvalue weighted by atomic mass is 32.7. The van der Waals surface area contributed by atoms with Gasteiger partial charge in [0.05, 0.1) is 51.2 Å². The molecule has 1 unspecified atom stereocenters. The van der Waals surface area contributed by atoms with Crippen LogP contribution in [-0.4, -0.2) is 80.6 Å². The maximum absolute atomic E-state index is 12.4. The number of carbonyl (C=O) groups is 1. The summed E-state index contributed by atoms with van der Waals surface area (Å²) in [5.74, 6) is 0.593. The molecule has 42 heavy (non-hydrogen) atoms. The third-order valence-electron chi connectivity index (χ3n) is 6.57. The number of hydrogen-bond donors (Lipinski definition) is 1. The van der Waals surface area contributed by atoms with Gasteiger partial charge in [0.15, 0.2) is 16.6 Å². The molecule has 1 aliphatic rings. The Balaban J connectivity index is 2.16. The van der Waals surface area contributed by atoms with Crippen LogP contribution in [-0.2, 0) is 39.1 Å². The zero-order chi connectivity index (χ0) is 31.2. The maximum Gasteiger partial charge on any atom is 0.332 e. The van der Waals surface area contributed by atoms with Gasteiger partial charge in [-0.15, -0.1) is 0 Å². The minimum Gasteiger partial charge on any atom is -0.497 e. The van der Waals surface area contributed by atoms with Crippen LogP contribution in [0.1, 0.15) is 51.0 Å². The summed E-state index contributed by atoms with van der Waals surface area (Å²) in [7, 11) is 0.0493. The first-order valence-corrected chi connectivity index (χ1v) is 24.2. The van der Waals surface area contributed by atoms with Crippen LogP contribution in [0.2, 0.25) is 39.3 Å². The second-order valence-electron chi connectivity index (χ2n) is 12.7. The molecule has 2 rings (SSSR count). The average Bonchev–Trinajstić information content (AvgIpc) is 2.88. The van der Waals surface area contributed by atoms with Gasteiger partial charge in [-0.1, -0.05) is 19.8 Å². The number of ether oxygens (including phenoxy) is 4. The van der Waals surface area contributed by atoms with Crippen molar-refractivity contribution in [3.8, 4) is 5.75 Å². The first-order chi connectivity index (χ1) is 19.8. The van der Waals surface area contributed by atoms with Crippen molar-refractivity contribution in [1.82, 2.24) is 0 Å². The molecule has 0 aromatic heterocycles. The molecule has 13 heteroatoms. The SMILES string of the molecule is CCOC(=O)C[C@@H](C[C@H]1C[C@@H](O[Si](C)(C)C)C[C@@H](C[C@H](CCO[B]PS)OCc2ccc(OC)cc2)O1)O[Si](C)(C)C. The number of hydrogen-bond acceptors (Lipinski definition) is 9. The Bertz CT molecular complexity index is 903. The minimum atomic E-state index is -1.90. The number of benzene rings is 1. The van der Waals surface area contributed by atoms with E-state index in [1.807, 2.05) is 31.2 Å². The molecule has 1 aromatic carbocycles. The first-order valence-electron chi connectivity index (χ1n) is 15.0. The van der Waals surface area contributed by atoms with Gasteiger partial charge >= 0.3 is 13.2 Å². The molecule has 1 saturated heterocycles. The second-order valence-corrected chi connectivity index (χ2v) is 22.9. The van der Waals surface area contributed by atoms with Crippen molar-refractivity contribution in [2.75, 3.05) is 20.3 Å². The number of rotatable bonds is 20. The highest BCUT2D eigenvalue weighted by Gasteiger charge is 2.36. The fourth-order valence-electron chi connectivity index (χ4n) is 5.13. The Labute approximate surface area is 264 Å². The van der Waals surface area contributed by atoms with Gasteiger partial charge in [0, 0.05) is 12.7 Å². The molecule has 0 saturated carbocycles. The van der Waals surface area contributed by atoms with Crippen molar-refractivity contribution in [1.29, 1.82) is 0 Å². The Morgan fingerprint density at radius 2 is 1.69 bits per heavy atom. The molecule has 0 aliphatic carbocycles. The van der Waals surface area contributed by atoms with Crippen molar-refractivity contribution in [2.24, 2.45) is 0 Å². The molecule has 8 nitrogen and oxygen atoms in total. The molecule has 0 amide bonds. The molecule has 1 aliphatic heterocycles. The summed E-state index contributed by atoms with van der Waals surface area (Å²) in [5.41, 5.74) is 1.08. The summed E-state index contributed by atoms with van der Waals surface area (Å²) < 4.78 is 42.4. The van der Waals surface area contributed by atoms with Gasteiger partial charge in [-0.2, -0.15) is 12.2 Å². The van der Waals surface area contributed by atoms with Gasteiger partial charge in [-0.3, -0.25) is 4.79 Å². The van der Waals surface area contributed by atoms with Crippen molar-refractivity contribution < 1.29 is 37.2 Å². The molecule has 6 atom stereocenters. The third kappa shape index (κ3) is 16.6. The van der Waals surface area contributed by atoms with Gasteiger partial charge in [0.25, 0.3) is 0 Å². The molecule has 239 valence electrons. The Kier molecular flexibility index (Phi) is 17.2. The van der Waals surface area contributed by atoms with Gasteiger partial charge in [-0.05, 0) is 96.0 Å². The van der Waals surface area contributed by atoms with E-state index in [9.17, 15) is 4.79 Å². The lowest BCUT2D eigenvalue weighted by Crippen LogP contribution is -2.45. The van der Waals surface area contributed by atoms with Crippen LogP contribution < -0.4 is 4.74 Å². The van der Waals surface area contributed by atoms with Crippen LogP contribution in [0, 0.1) is 0 Å². The summed E-state index contributed by atoms with van der Waals surface area (Å²) >= 11 is 4.23. The molecular weight excluding hydrogens is 606 g/mol. The third-order valence-corrected chi connectivity index (χ3v) is 9.24. The monoisotopic (exact) mass is 659 g/mol. The van der Waals surface area contributed by atoms with Gasteiger partial charge in [0.2, 0.25) is 0 Å². The lowest BCUT2D eigenvalue weighted by atomic mass is 9.93. The van der Waals surface area contributed by atoms with Crippen LogP contribution in [0.4, 0.5) is 0 Å². The molecular formula is C29H53BO8PSSi2. The normalized spacial score (nSPS) is 21.3. The Hall–Kier alpha value is -0.431. The molecule has 1 fully saturated rings. The molecule has 1 aromatic rings. The number of thiol groups is 1. The summed E-state index contributed by atoms with van der Waals surface area (Å²) in [6.45, 7) is 16.3. The van der Waals surface area contributed by atoms with Crippen molar-refractivity contribution in [3.05, 3.63) is 29.8 Å². The predicted octanol–water partition coefficient (Wildman–Crippen LogP) is 6.77. The van der Waals surface area contributed by atoms with Gasteiger partial charge in [0.1, 0.15) is 5.75 Å². The maximum atomic E-state index is 12.4. The summed E-state index contributed by atoms with van der Waals surface area (Å²) in [6, 6.07) is 7.94. The van der Waals surface area contributed by atoms with Crippen LogP contribution >= 0.6 is 19.9 Å². The minimum absolute atomic E-state index is 0.0446. The van der Waals surface area contributed by atoms with E-state index in [2.05, 4.69) is 51.5 Å². The van der Waals surface area contributed by atoms with Crippen LogP contribution in [0.15, 0.2) is 24.3 Å². The van der Waals surface area contributed by atoms with E-state index < -0.39 is 16.6 Å².